The Morgan fingerprint density at radius 2 is 1.93 bits per heavy atom. The molecule has 2 amide bonds. The first-order valence-corrected chi connectivity index (χ1v) is 11.0. The fraction of sp³-hybridized carbons (Fsp3) is 0.227. The zero-order valence-corrected chi connectivity index (χ0v) is 18.3. The molecule has 1 aliphatic rings. The third-order valence-electron chi connectivity index (χ3n) is 4.62. The lowest BCUT2D eigenvalue weighted by Crippen LogP contribution is -2.31. The second-order valence-corrected chi connectivity index (χ2v) is 8.50. The highest BCUT2D eigenvalue weighted by molar-refractivity contribution is 9.10. The number of aryl methyl sites for hydroxylation is 1. The monoisotopic (exact) mass is 469 g/mol. The number of nitrogens with one attached hydrogen (secondary N) is 2. The smallest absolute Gasteiger partial charge is 0.234 e. The molecule has 1 aliphatic heterocycles. The minimum absolute atomic E-state index is 0.0956. The van der Waals surface area contributed by atoms with Crippen LogP contribution in [0.2, 0.25) is 0 Å². The fourth-order valence-corrected chi connectivity index (χ4v) is 4.21. The summed E-state index contributed by atoms with van der Waals surface area (Å²) >= 11 is 4.53. The van der Waals surface area contributed by atoms with E-state index >= 15 is 0 Å². The maximum atomic E-state index is 12.3. The molecule has 0 aliphatic carbocycles. The molecular weight excluding hydrogens is 450 g/mol. The second kappa shape index (κ2) is 9.77. The number of hydrogen-bond donors (Lipinski definition) is 2. The van der Waals surface area contributed by atoms with Crippen molar-refractivity contribution in [3.05, 3.63) is 74.7 Å². The standard InChI is InChI=1S/C22H20BrN3O2S/c1-2-14-3-5-15(6-4-14)18-11-20(27)26-22(19(18)12-24)29-13-21(28)25-17-9-7-16(23)8-10-17/h3-10,18H,2,11,13H2,1H3,(H,25,28)(H,26,27). The van der Waals surface area contributed by atoms with Crippen molar-refractivity contribution >= 4 is 45.2 Å². The van der Waals surface area contributed by atoms with E-state index in [1.807, 2.05) is 36.4 Å². The van der Waals surface area contributed by atoms with Gasteiger partial charge in [-0.05, 0) is 41.8 Å². The van der Waals surface area contributed by atoms with E-state index in [4.69, 9.17) is 0 Å². The lowest BCUT2D eigenvalue weighted by atomic mass is 9.86. The molecule has 148 valence electrons. The number of carbonyl (C=O) groups is 2. The van der Waals surface area contributed by atoms with E-state index in [9.17, 15) is 14.9 Å². The van der Waals surface area contributed by atoms with Crippen LogP contribution in [0.4, 0.5) is 5.69 Å². The van der Waals surface area contributed by atoms with Crippen molar-refractivity contribution in [2.45, 2.75) is 25.7 Å². The Kier molecular flexibility index (Phi) is 7.13. The summed E-state index contributed by atoms with van der Waals surface area (Å²) in [7, 11) is 0. The summed E-state index contributed by atoms with van der Waals surface area (Å²) in [6.07, 6.45) is 1.16. The molecule has 1 heterocycles. The van der Waals surface area contributed by atoms with Crippen LogP contribution in [0.1, 0.15) is 30.4 Å². The number of benzene rings is 2. The predicted octanol–water partition coefficient (Wildman–Crippen LogP) is 4.72. The largest absolute Gasteiger partial charge is 0.325 e. The van der Waals surface area contributed by atoms with E-state index < -0.39 is 0 Å². The highest BCUT2D eigenvalue weighted by Crippen LogP contribution is 2.36. The number of amides is 2. The molecule has 0 radical (unpaired) electrons. The highest BCUT2D eigenvalue weighted by atomic mass is 79.9. The Morgan fingerprint density at radius 1 is 1.24 bits per heavy atom. The van der Waals surface area contributed by atoms with Gasteiger partial charge in [-0.1, -0.05) is 58.9 Å². The van der Waals surface area contributed by atoms with Gasteiger partial charge >= 0.3 is 0 Å². The first-order chi connectivity index (χ1) is 14.0. The third-order valence-corrected chi connectivity index (χ3v) is 6.17. The van der Waals surface area contributed by atoms with Gasteiger partial charge in [0.15, 0.2) is 0 Å². The van der Waals surface area contributed by atoms with E-state index in [0.717, 1.165) is 16.5 Å². The first-order valence-electron chi connectivity index (χ1n) is 9.21. The molecule has 0 aromatic heterocycles. The minimum atomic E-state index is -0.295. The van der Waals surface area contributed by atoms with E-state index in [1.54, 1.807) is 12.1 Å². The van der Waals surface area contributed by atoms with Crippen LogP contribution in [0, 0.1) is 11.3 Å². The Labute approximate surface area is 182 Å². The molecule has 1 atom stereocenters. The number of allylic oxidation sites excluding steroid dienone is 1. The lowest BCUT2D eigenvalue weighted by Gasteiger charge is -2.25. The molecule has 0 spiro atoms. The summed E-state index contributed by atoms with van der Waals surface area (Å²) in [4.78, 5) is 24.5. The highest BCUT2D eigenvalue weighted by Gasteiger charge is 2.29. The van der Waals surface area contributed by atoms with Crippen LogP contribution in [0.3, 0.4) is 0 Å². The van der Waals surface area contributed by atoms with Crippen molar-refractivity contribution < 1.29 is 9.59 Å². The zero-order valence-electron chi connectivity index (χ0n) is 15.9. The number of nitrogens with zero attached hydrogens (tertiary/aromatic N) is 1. The van der Waals surface area contributed by atoms with Crippen LogP contribution < -0.4 is 10.6 Å². The van der Waals surface area contributed by atoms with Crippen molar-refractivity contribution in [3.8, 4) is 6.07 Å². The van der Waals surface area contributed by atoms with Crippen molar-refractivity contribution in [2.75, 3.05) is 11.1 Å². The quantitative estimate of drug-likeness (QED) is 0.640. The summed E-state index contributed by atoms with van der Waals surface area (Å²) in [6, 6.07) is 17.5. The maximum absolute atomic E-state index is 12.3. The SMILES string of the molecule is CCc1ccc(C2CC(=O)NC(SCC(=O)Nc3ccc(Br)cc3)=C2C#N)cc1. The van der Waals surface area contributed by atoms with Crippen LogP contribution in [-0.4, -0.2) is 17.6 Å². The molecule has 7 heteroatoms. The summed E-state index contributed by atoms with van der Waals surface area (Å²) in [5.74, 6) is -0.551. The van der Waals surface area contributed by atoms with Crippen molar-refractivity contribution in [1.82, 2.24) is 5.32 Å². The Morgan fingerprint density at radius 3 is 2.55 bits per heavy atom. The van der Waals surface area contributed by atoms with Gasteiger partial charge in [-0.15, -0.1) is 0 Å². The molecule has 5 nitrogen and oxygen atoms in total. The van der Waals surface area contributed by atoms with Crippen LogP contribution in [0.25, 0.3) is 0 Å². The van der Waals surface area contributed by atoms with Gasteiger partial charge in [0.25, 0.3) is 0 Å². The molecule has 0 fully saturated rings. The van der Waals surface area contributed by atoms with Crippen LogP contribution in [0.15, 0.2) is 63.6 Å². The number of anilines is 1. The van der Waals surface area contributed by atoms with E-state index in [0.29, 0.717) is 16.3 Å². The molecule has 3 rings (SSSR count). The second-order valence-electron chi connectivity index (χ2n) is 6.60. The van der Waals surface area contributed by atoms with Crippen LogP contribution in [-0.2, 0) is 16.0 Å². The van der Waals surface area contributed by atoms with Crippen molar-refractivity contribution in [1.29, 1.82) is 5.26 Å². The summed E-state index contributed by atoms with van der Waals surface area (Å²) in [5.41, 5.74) is 3.33. The third kappa shape index (κ3) is 5.49. The summed E-state index contributed by atoms with van der Waals surface area (Å²) in [6.45, 7) is 2.08. The van der Waals surface area contributed by atoms with Crippen molar-refractivity contribution in [3.63, 3.8) is 0 Å². The van der Waals surface area contributed by atoms with E-state index in [-0.39, 0.29) is 29.9 Å². The normalized spacial score (nSPS) is 16.2. The molecule has 2 aromatic carbocycles. The van der Waals surface area contributed by atoms with Crippen LogP contribution >= 0.6 is 27.7 Å². The van der Waals surface area contributed by atoms with Crippen molar-refractivity contribution in [2.24, 2.45) is 0 Å². The van der Waals surface area contributed by atoms with Crippen LogP contribution in [0.5, 0.6) is 0 Å². The summed E-state index contributed by atoms with van der Waals surface area (Å²) < 4.78 is 0.927. The van der Waals surface area contributed by atoms with Gasteiger partial charge in [0.2, 0.25) is 11.8 Å². The first kappa shape index (κ1) is 21.2. The molecule has 0 bridgehead atoms. The minimum Gasteiger partial charge on any atom is -0.325 e. The van der Waals surface area contributed by atoms with Gasteiger partial charge in [0.1, 0.15) is 0 Å². The topological polar surface area (TPSA) is 82.0 Å². The number of carbonyl (C=O) groups excluding carboxylic acids is 2. The maximum Gasteiger partial charge on any atom is 0.234 e. The lowest BCUT2D eigenvalue weighted by molar-refractivity contribution is -0.121. The molecule has 1 unspecified atom stereocenters. The number of halogens is 1. The number of rotatable bonds is 6. The average Bonchev–Trinajstić information content (AvgIpc) is 2.73. The van der Waals surface area contributed by atoms with Gasteiger partial charge in [0, 0.05) is 22.5 Å². The van der Waals surface area contributed by atoms with Gasteiger partial charge in [-0.3, -0.25) is 9.59 Å². The zero-order chi connectivity index (χ0) is 20.8. The predicted molar refractivity (Wildman–Crippen MR) is 119 cm³/mol. The fourth-order valence-electron chi connectivity index (χ4n) is 3.07. The Hall–Kier alpha value is -2.56. The van der Waals surface area contributed by atoms with Gasteiger partial charge < -0.3 is 10.6 Å². The molecular formula is C22H20BrN3O2S. The van der Waals surface area contributed by atoms with Gasteiger partial charge in [-0.25, -0.2) is 0 Å². The number of thioether (sulfide) groups is 1. The Bertz CT molecular complexity index is 979. The Balaban J connectivity index is 1.73. The summed E-state index contributed by atoms with van der Waals surface area (Å²) in [5, 5.41) is 15.8. The van der Waals surface area contributed by atoms with Gasteiger partial charge in [0.05, 0.1) is 22.4 Å². The molecule has 0 saturated carbocycles. The average molecular weight is 470 g/mol. The number of nitriles is 1. The van der Waals surface area contributed by atoms with E-state index in [2.05, 4.69) is 39.6 Å². The molecule has 0 saturated heterocycles. The molecule has 29 heavy (non-hydrogen) atoms. The van der Waals surface area contributed by atoms with Gasteiger partial charge in [-0.2, -0.15) is 5.26 Å². The molecule has 2 aromatic rings. The molecule has 2 N–H and O–H groups in total. The van der Waals surface area contributed by atoms with E-state index in [1.165, 1.54) is 17.3 Å². The number of hydrogen-bond acceptors (Lipinski definition) is 4.